The molecule has 2 rings (SSSR count). The normalized spacial score (nSPS) is 10.3. The highest BCUT2D eigenvalue weighted by molar-refractivity contribution is 9.10. The Kier molecular flexibility index (Phi) is 4.91. The molecule has 2 aromatic heterocycles. The average Bonchev–Trinajstić information content (AvgIpc) is 2.82. The smallest absolute Gasteiger partial charge is 0.311 e. The summed E-state index contributed by atoms with van der Waals surface area (Å²) in [5, 5.41) is 19.0. The zero-order valence-corrected chi connectivity index (χ0v) is 13.1. The van der Waals surface area contributed by atoms with Crippen LogP contribution in [0.25, 0.3) is 0 Å². The fourth-order valence-electron chi connectivity index (χ4n) is 1.63. The van der Waals surface area contributed by atoms with Crippen LogP contribution in [0.15, 0.2) is 28.1 Å². The number of hydrogen-bond donors (Lipinski definition) is 2. The molecule has 0 aliphatic rings. The Hall–Kier alpha value is -1.67. The maximum Gasteiger partial charge on any atom is 0.311 e. The largest absolute Gasteiger partial charge is 0.370 e. The summed E-state index contributed by atoms with van der Waals surface area (Å²) < 4.78 is 1.00. The van der Waals surface area contributed by atoms with Crippen molar-refractivity contribution in [1.82, 2.24) is 4.98 Å². The number of halogens is 1. The number of nitro groups is 1. The molecule has 2 N–H and O–H groups in total. The van der Waals surface area contributed by atoms with Crippen molar-refractivity contribution in [3.63, 3.8) is 0 Å². The predicted octanol–water partition coefficient (Wildman–Crippen LogP) is 3.86. The average molecular weight is 357 g/mol. The molecule has 0 aliphatic carbocycles. The van der Waals surface area contributed by atoms with Crippen molar-refractivity contribution in [3.05, 3.63) is 43.0 Å². The molecule has 2 heterocycles. The predicted molar refractivity (Wildman–Crippen MR) is 84.4 cm³/mol. The van der Waals surface area contributed by atoms with Crippen molar-refractivity contribution in [3.8, 4) is 0 Å². The Morgan fingerprint density at radius 1 is 1.45 bits per heavy atom. The number of rotatable bonds is 6. The second kappa shape index (κ2) is 6.67. The first-order chi connectivity index (χ1) is 9.60. The van der Waals surface area contributed by atoms with E-state index in [4.69, 9.17) is 0 Å². The van der Waals surface area contributed by atoms with Crippen molar-refractivity contribution < 1.29 is 4.92 Å². The molecule has 0 aromatic carbocycles. The summed E-state index contributed by atoms with van der Waals surface area (Å²) in [4.78, 5) is 15.9. The molecular weight excluding hydrogens is 344 g/mol. The van der Waals surface area contributed by atoms with Gasteiger partial charge >= 0.3 is 5.69 Å². The van der Waals surface area contributed by atoms with Gasteiger partial charge in [-0.05, 0) is 35.0 Å². The minimum absolute atomic E-state index is 0.0257. The number of anilines is 2. The lowest BCUT2D eigenvalue weighted by atomic mass is 10.3. The van der Waals surface area contributed by atoms with Crippen LogP contribution in [0.2, 0.25) is 0 Å². The molecule has 0 saturated carbocycles. The van der Waals surface area contributed by atoms with Gasteiger partial charge in [-0.2, -0.15) is 0 Å². The van der Waals surface area contributed by atoms with Gasteiger partial charge in [-0.1, -0.05) is 0 Å². The van der Waals surface area contributed by atoms with Gasteiger partial charge in [0.25, 0.3) is 0 Å². The first kappa shape index (κ1) is 14.7. The summed E-state index contributed by atoms with van der Waals surface area (Å²) in [6.45, 7) is 3.15. The van der Waals surface area contributed by atoms with Gasteiger partial charge in [-0.15, -0.1) is 11.3 Å². The molecule has 0 amide bonds. The lowest BCUT2D eigenvalue weighted by molar-refractivity contribution is -0.384. The zero-order valence-electron chi connectivity index (χ0n) is 10.7. The van der Waals surface area contributed by atoms with Gasteiger partial charge in [0.2, 0.25) is 5.82 Å². The summed E-state index contributed by atoms with van der Waals surface area (Å²) in [7, 11) is 0. The quantitative estimate of drug-likeness (QED) is 0.606. The molecule has 0 unspecified atom stereocenters. The summed E-state index contributed by atoms with van der Waals surface area (Å²) in [6, 6.07) is 5.03. The Balaban J connectivity index is 2.18. The third kappa shape index (κ3) is 3.67. The summed E-state index contributed by atoms with van der Waals surface area (Å²) in [5.74, 6) is 0.894. The van der Waals surface area contributed by atoms with Gasteiger partial charge in [0.15, 0.2) is 0 Å². The van der Waals surface area contributed by atoms with E-state index in [1.807, 2.05) is 18.4 Å². The number of nitrogens with zero attached hydrogens (tertiary/aromatic N) is 2. The highest BCUT2D eigenvalue weighted by Crippen LogP contribution is 2.26. The Labute approximate surface area is 128 Å². The van der Waals surface area contributed by atoms with Gasteiger partial charge in [-0.25, -0.2) is 4.98 Å². The highest BCUT2D eigenvalue weighted by atomic mass is 79.9. The van der Waals surface area contributed by atoms with Crippen molar-refractivity contribution in [2.24, 2.45) is 0 Å². The van der Waals surface area contributed by atoms with E-state index >= 15 is 0 Å². The molecule has 0 bridgehead atoms. The van der Waals surface area contributed by atoms with Crippen molar-refractivity contribution in [2.45, 2.75) is 13.5 Å². The Bertz CT molecular complexity index is 617. The van der Waals surface area contributed by atoms with E-state index in [2.05, 4.69) is 31.5 Å². The standard InChI is InChI=1S/C12H13BrN4O2S/c1-2-14-11-4-3-10(17(18)19)12(16-11)15-6-9-5-8(13)7-20-9/h3-5,7H,2,6H2,1H3,(H2,14,15,16). The SMILES string of the molecule is CCNc1ccc([N+](=O)[O-])c(NCc2cc(Br)cs2)n1. The summed E-state index contributed by atoms with van der Waals surface area (Å²) >= 11 is 4.95. The van der Waals surface area contributed by atoms with E-state index in [-0.39, 0.29) is 11.5 Å². The van der Waals surface area contributed by atoms with Crippen molar-refractivity contribution >= 4 is 44.6 Å². The van der Waals surface area contributed by atoms with Gasteiger partial charge in [0.1, 0.15) is 5.82 Å². The van der Waals surface area contributed by atoms with Crippen molar-refractivity contribution in [2.75, 3.05) is 17.2 Å². The molecule has 0 aliphatic heterocycles. The molecular formula is C12H13BrN4O2S. The molecule has 2 aromatic rings. The van der Waals surface area contributed by atoms with E-state index in [9.17, 15) is 10.1 Å². The maximum absolute atomic E-state index is 11.0. The monoisotopic (exact) mass is 356 g/mol. The van der Waals surface area contributed by atoms with Crippen LogP contribution >= 0.6 is 27.3 Å². The number of hydrogen-bond acceptors (Lipinski definition) is 6. The first-order valence-corrected chi connectivity index (χ1v) is 7.63. The molecule has 106 valence electrons. The zero-order chi connectivity index (χ0) is 14.5. The number of aromatic nitrogens is 1. The van der Waals surface area contributed by atoms with Gasteiger partial charge in [-0.3, -0.25) is 10.1 Å². The Morgan fingerprint density at radius 3 is 2.85 bits per heavy atom. The maximum atomic E-state index is 11.0. The number of nitrogens with one attached hydrogen (secondary N) is 2. The lowest BCUT2D eigenvalue weighted by Gasteiger charge is -2.08. The minimum Gasteiger partial charge on any atom is -0.370 e. The molecule has 6 nitrogen and oxygen atoms in total. The number of pyridine rings is 1. The second-order valence-electron chi connectivity index (χ2n) is 3.94. The van der Waals surface area contributed by atoms with E-state index in [1.165, 1.54) is 6.07 Å². The van der Waals surface area contributed by atoms with Crippen LogP contribution in [0.4, 0.5) is 17.3 Å². The first-order valence-electron chi connectivity index (χ1n) is 5.96. The van der Waals surface area contributed by atoms with Crippen LogP contribution in [0, 0.1) is 10.1 Å². The van der Waals surface area contributed by atoms with Crippen LogP contribution in [-0.2, 0) is 6.54 Å². The van der Waals surface area contributed by atoms with Crippen LogP contribution in [0.3, 0.4) is 0 Å². The van der Waals surface area contributed by atoms with Gasteiger partial charge in [0, 0.05) is 27.3 Å². The van der Waals surface area contributed by atoms with Crippen LogP contribution in [-0.4, -0.2) is 16.5 Å². The van der Waals surface area contributed by atoms with Crippen LogP contribution in [0.5, 0.6) is 0 Å². The third-order valence-electron chi connectivity index (χ3n) is 2.48. The highest BCUT2D eigenvalue weighted by Gasteiger charge is 2.15. The molecule has 0 spiro atoms. The third-order valence-corrected chi connectivity index (χ3v) is 4.18. The molecule has 0 atom stereocenters. The van der Waals surface area contributed by atoms with E-state index in [0.717, 1.165) is 9.35 Å². The lowest BCUT2D eigenvalue weighted by Crippen LogP contribution is -2.06. The van der Waals surface area contributed by atoms with Crippen LogP contribution in [0.1, 0.15) is 11.8 Å². The fraction of sp³-hybridized carbons (Fsp3) is 0.250. The van der Waals surface area contributed by atoms with E-state index in [1.54, 1.807) is 17.4 Å². The topological polar surface area (TPSA) is 80.1 Å². The molecule has 0 saturated heterocycles. The summed E-state index contributed by atoms with van der Waals surface area (Å²) in [6.07, 6.45) is 0. The molecule has 8 heteroatoms. The minimum atomic E-state index is -0.435. The number of thiophene rings is 1. The van der Waals surface area contributed by atoms with Gasteiger partial charge in [0.05, 0.1) is 11.5 Å². The molecule has 20 heavy (non-hydrogen) atoms. The van der Waals surface area contributed by atoms with E-state index < -0.39 is 4.92 Å². The fourth-order valence-corrected chi connectivity index (χ4v) is 3.02. The second-order valence-corrected chi connectivity index (χ2v) is 5.85. The molecule has 0 fully saturated rings. The summed E-state index contributed by atoms with van der Waals surface area (Å²) in [5.41, 5.74) is -0.0257. The Morgan fingerprint density at radius 2 is 2.25 bits per heavy atom. The van der Waals surface area contributed by atoms with E-state index in [0.29, 0.717) is 18.9 Å². The van der Waals surface area contributed by atoms with Crippen LogP contribution < -0.4 is 10.6 Å². The molecule has 0 radical (unpaired) electrons. The van der Waals surface area contributed by atoms with Gasteiger partial charge < -0.3 is 10.6 Å². The van der Waals surface area contributed by atoms with Crippen molar-refractivity contribution in [1.29, 1.82) is 0 Å².